The highest BCUT2D eigenvalue weighted by Gasteiger charge is 2.06. The highest BCUT2D eigenvalue weighted by atomic mass is 35.5. The van der Waals surface area contributed by atoms with Gasteiger partial charge in [-0.3, -0.25) is 0 Å². The molecule has 0 spiro atoms. The Balaban J connectivity index is 2.07. The normalized spacial score (nSPS) is 10.8. The van der Waals surface area contributed by atoms with Crippen molar-refractivity contribution in [3.05, 3.63) is 47.5 Å². The average Bonchev–Trinajstić information content (AvgIpc) is 2.81. The van der Waals surface area contributed by atoms with Crippen molar-refractivity contribution in [2.45, 2.75) is 0 Å². The van der Waals surface area contributed by atoms with Crippen molar-refractivity contribution >= 4 is 33.2 Å². The molecular weight excluding hydrogens is 266 g/mol. The second-order valence-corrected chi connectivity index (χ2v) is 5.33. The van der Waals surface area contributed by atoms with Crippen LogP contribution in [0, 0.1) is 0 Å². The van der Waals surface area contributed by atoms with Gasteiger partial charge < -0.3 is 4.74 Å². The van der Waals surface area contributed by atoms with E-state index in [0.29, 0.717) is 0 Å². The third kappa shape index (κ3) is 2.07. The molecule has 3 aromatic rings. The van der Waals surface area contributed by atoms with E-state index in [9.17, 15) is 0 Å². The molecule has 0 aliphatic heterocycles. The summed E-state index contributed by atoms with van der Waals surface area (Å²) in [6.07, 6.45) is 0. The summed E-state index contributed by atoms with van der Waals surface area (Å²) in [5.41, 5.74) is 2.07. The Labute approximate surface area is 114 Å². The van der Waals surface area contributed by atoms with Crippen LogP contribution in [0.5, 0.6) is 5.75 Å². The van der Waals surface area contributed by atoms with Crippen LogP contribution in [-0.4, -0.2) is 12.1 Å². The van der Waals surface area contributed by atoms with Crippen LogP contribution in [0.1, 0.15) is 0 Å². The Morgan fingerprint density at radius 2 is 1.89 bits per heavy atom. The summed E-state index contributed by atoms with van der Waals surface area (Å²) >= 11 is 7.62. The highest BCUT2D eigenvalue weighted by Crippen LogP contribution is 2.32. The molecule has 4 heteroatoms. The number of aromatic nitrogens is 1. The smallest absolute Gasteiger partial charge is 0.124 e. The molecule has 0 amide bonds. The number of ether oxygens (including phenoxy) is 1. The number of fused-ring (bicyclic) bond motifs is 1. The van der Waals surface area contributed by atoms with Gasteiger partial charge in [0.25, 0.3) is 0 Å². The highest BCUT2D eigenvalue weighted by molar-refractivity contribution is 7.21. The first-order valence-corrected chi connectivity index (χ1v) is 6.66. The largest absolute Gasteiger partial charge is 0.497 e. The van der Waals surface area contributed by atoms with E-state index in [1.807, 2.05) is 42.5 Å². The van der Waals surface area contributed by atoms with E-state index in [4.69, 9.17) is 16.3 Å². The molecule has 1 aromatic heterocycles. The molecule has 0 bridgehead atoms. The lowest BCUT2D eigenvalue weighted by atomic mass is 10.2. The van der Waals surface area contributed by atoms with Gasteiger partial charge in [0.05, 0.1) is 17.3 Å². The maximum Gasteiger partial charge on any atom is 0.124 e. The van der Waals surface area contributed by atoms with Gasteiger partial charge in [-0.15, -0.1) is 11.3 Å². The van der Waals surface area contributed by atoms with E-state index < -0.39 is 0 Å². The fraction of sp³-hybridized carbons (Fsp3) is 0.0714. The molecule has 0 atom stereocenters. The molecule has 2 aromatic carbocycles. The lowest BCUT2D eigenvalue weighted by Crippen LogP contribution is -1.82. The van der Waals surface area contributed by atoms with Crippen LogP contribution in [0.4, 0.5) is 0 Å². The van der Waals surface area contributed by atoms with E-state index in [-0.39, 0.29) is 0 Å². The molecule has 2 nitrogen and oxygen atoms in total. The van der Waals surface area contributed by atoms with Crippen molar-refractivity contribution in [2.24, 2.45) is 0 Å². The number of methoxy groups -OCH3 is 1. The van der Waals surface area contributed by atoms with Crippen LogP contribution < -0.4 is 4.74 Å². The van der Waals surface area contributed by atoms with Crippen LogP contribution >= 0.6 is 22.9 Å². The number of rotatable bonds is 2. The first-order chi connectivity index (χ1) is 8.76. The van der Waals surface area contributed by atoms with Crippen molar-refractivity contribution in [3.63, 3.8) is 0 Å². The molecule has 0 radical (unpaired) electrons. The maximum absolute atomic E-state index is 5.98. The molecule has 0 fully saturated rings. The van der Waals surface area contributed by atoms with Gasteiger partial charge in [0.15, 0.2) is 0 Å². The summed E-state index contributed by atoms with van der Waals surface area (Å²) in [6, 6.07) is 13.7. The molecule has 0 saturated carbocycles. The molecule has 0 aliphatic carbocycles. The predicted octanol–water partition coefficient (Wildman–Crippen LogP) is 4.63. The van der Waals surface area contributed by atoms with Crippen molar-refractivity contribution in [1.82, 2.24) is 4.98 Å². The zero-order chi connectivity index (χ0) is 12.5. The minimum atomic E-state index is 0.743. The van der Waals surface area contributed by atoms with Crippen LogP contribution in [0.25, 0.3) is 20.8 Å². The van der Waals surface area contributed by atoms with Crippen LogP contribution in [-0.2, 0) is 0 Å². The third-order valence-electron chi connectivity index (χ3n) is 2.69. The Kier molecular flexibility index (Phi) is 2.94. The topological polar surface area (TPSA) is 22.1 Å². The monoisotopic (exact) mass is 275 g/mol. The molecule has 1 heterocycles. The first kappa shape index (κ1) is 11.5. The van der Waals surface area contributed by atoms with Crippen molar-refractivity contribution < 1.29 is 4.74 Å². The summed E-state index contributed by atoms with van der Waals surface area (Å²) in [6.45, 7) is 0. The van der Waals surface area contributed by atoms with Gasteiger partial charge in [0, 0.05) is 10.6 Å². The van der Waals surface area contributed by atoms with Crippen molar-refractivity contribution in [3.8, 4) is 16.3 Å². The average molecular weight is 276 g/mol. The van der Waals surface area contributed by atoms with Crippen LogP contribution in [0.15, 0.2) is 42.5 Å². The van der Waals surface area contributed by atoms with E-state index in [1.165, 1.54) is 0 Å². The van der Waals surface area contributed by atoms with E-state index >= 15 is 0 Å². The van der Waals surface area contributed by atoms with Crippen LogP contribution in [0.2, 0.25) is 5.02 Å². The predicted molar refractivity (Wildman–Crippen MR) is 76.6 cm³/mol. The van der Waals surface area contributed by atoms with E-state index in [1.54, 1.807) is 18.4 Å². The SMILES string of the molecule is COc1ccc(-c2nc3ccc(Cl)cc3s2)cc1. The molecule has 0 aliphatic rings. The summed E-state index contributed by atoms with van der Waals surface area (Å²) in [7, 11) is 1.66. The molecule has 0 saturated heterocycles. The summed E-state index contributed by atoms with van der Waals surface area (Å²) in [5.74, 6) is 0.850. The summed E-state index contributed by atoms with van der Waals surface area (Å²) in [5, 5.41) is 1.74. The lowest BCUT2D eigenvalue weighted by molar-refractivity contribution is 0.415. The van der Waals surface area contributed by atoms with Gasteiger partial charge in [-0.2, -0.15) is 0 Å². The molecule has 18 heavy (non-hydrogen) atoms. The van der Waals surface area contributed by atoms with Crippen molar-refractivity contribution in [1.29, 1.82) is 0 Å². The summed E-state index contributed by atoms with van der Waals surface area (Å²) in [4.78, 5) is 4.60. The molecule has 0 unspecified atom stereocenters. The number of halogens is 1. The first-order valence-electron chi connectivity index (χ1n) is 5.47. The Hall–Kier alpha value is -1.58. The fourth-order valence-corrected chi connectivity index (χ4v) is 3.00. The molecule has 90 valence electrons. The second kappa shape index (κ2) is 4.59. The quantitative estimate of drug-likeness (QED) is 0.680. The minimum Gasteiger partial charge on any atom is -0.497 e. The molecule has 3 rings (SSSR count). The maximum atomic E-state index is 5.98. The standard InChI is InChI=1S/C14H10ClNOS/c1-17-11-5-2-9(3-6-11)14-16-12-7-4-10(15)8-13(12)18-14/h2-8H,1H3. The Morgan fingerprint density at radius 1 is 1.11 bits per heavy atom. The van der Waals surface area contributed by atoms with Gasteiger partial charge in [0.2, 0.25) is 0 Å². The van der Waals surface area contributed by atoms with E-state index in [2.05, 4.69) is 4.98 Å². The number of benzene rings is 2. The number of hydrogen-bond acceptors (Lipinski definition) is 3. The van der Waals surface area contributed by atoms with Crippen LogP contribution in [0.3, 0.4) is 0 Å². The number of hydrogen-bond donors (Lipinski definition) is 0. The van der Waals surface area contributed by atoms with Gasteiger partial charge in [0.1, 0.15) is 10.8 Å². The zero-order valence-electron chi connectivity index (χ0n) is 9.68. The Morgan fingerprint density at radius 3 is 2.61 bits per heavy atom. The number of nitrogens with zero attached hydrogens (tertiary/aromatic N) is 1. The zero-order valence-corrected chi connectivity index (χ0v) is 11.3. The van der Waals surface area contributed by atoms with Gasteiger partial charge in [-0.1, -0.05) is 11.6 Å². The third-order valence-corrected chi connectivity index (χ3v) is 3.99. The second-order valence-electron chi connectivity index (χ2n) is 3.86. The molecule has 0 N–H and O–H groups in total. The lowest BCUT2D eigenvalue weighted by Gasteiger charge is -1.99. The van der Waals surface area contributed by atoms with Crippen molar-refractivity contribution in [2.75, 3.05) is 7.11 Å². The van der Waals surface area contributed by atoms with Gasteiger partial charge in [-0.05, 0) is 42.5 Å². The van der Waals surface area contributed by atoms with Gasteiger partial charge >= 0.3 is 0 Å². The molecular formula is C14H10ClNOS. The minimum absolute atomic E-state index is 0.743. The van der Waals surface area contributed by atoms with E-state index in [0.717, 1.165) is 31.6 Å². The Bertz CT molecular complexity index is 691. The summed E-state index contributed by atoms with van der Waals surface area (Å²) < 4.78 is 6.25. The van der Waals surface area contributed by atoms with Gasteiger partial charge in [-0.25, -0.2) is 4.98 Å². The fourth-order valence-electron chi connectivity index (χ4n) is 1.76. The number of thiazole rings is 1.